The summed E-state index contributed by atoms with van der Waals surface area (Å²) in [4.78, 5) is 0. The molecule has 0 spiro atoms. The van der Waals surface area contributed by atoms with Gasteiger partial charge < -0.3 is 10.1 Å². The first-order valence-electron chi connectivity index (χ1n) is 5.86. The molecule has 1 aliphatic heterocycles. The maximum absolute atomic E-state index is 5.28. The minimum atomic E-state index is 0.291. The Hall–Kier alpha value is -0.940. The van der Waals surface area contributed by atoms with Crippen molar-refractivity contribution < 1.29 is 4.74 Å². The lowest BCUT2D eigenvalue weighted by molar-refractivity contribution is 0.123. The lowest BCUT2D eigenvalue weighted by atomic mass is 10.0. The van der Waals surface area contributed by atoms with Gasteiger partial charge in [-0.15, -0.1) is 5.10 Å². The van der Waals surface area contributed by atoms with Gasteiger partial charge in [-0.2, -0.15) is 0 Å². The molecule has 0 bridgehead atoms. The molecule has 0 saturated carbocycles. The van der Waals surface area contributed by atoms with Crippen LogP contribution in [-0.4, -0.2) is 35.3 Å². The highest BCUT2D eigenvalue weighted by atomic mass is 16.5. The molecule has 1 N–H and O–H groups in total. The van der Waals surface area contributed by atoms with Crippen molar-refractivity contribution in [3.63, 3.8) is 0 Å². The zero-order valence-electron chi connectivity index (χ0n) is 10.2. The van der Waals surface area contributed by atoms with Gasteiger partial charge in [0.1, 0.15) is 0 Å². The van der Waals surface area contributed by atoms with E-state index in [0.29, 0.717) is 18.6 Å². The fraction of sp³-hybridized carbons (Fsp3) is 0.818. The van der Waals surface area contributed by atoms with Crippen LogP contribution in [0.5, 0.6) is 0 Å². The topological polar surface area (TPSA) is 52.0 Å². The number of aromatic nitrogens is 3. The van der Waals surface area contributed by atoms with Crippen LogP contribution in [0.2, 0.25) is 0 Å². The molecule has 90 valence electrons. The van der Waals surface area contributed by atoms with Crippen molar-refractivity contribution in [1.29, 1.82) is 0 Å². The van der Waals surface area contributed by atoms with E-state index in [9.17, 15) is 0 Å². The molecule has 1 unspecified atom stereocenters. The molecular weight excluding hydrogens is 204 g/mol. The zero-order chi connectivity index (χ0) is 11.5. The van der Waals surface area contributed by atoms with Gasteiger partial charge in [0.2, 0.25) is 0 Å². The second-order valence-electron chi connectivity index (χ2n) is 4.62. The molecule has 0 aliphatic carbocycles. The second-order valence-corrected chi connectivity index (χ2v) is 4.62. The van der Waals surface area contributed by atoms with Gasteiger partial charge in [0.25, 0.3) is 0 Å². The van der Waals surface area contributed by atoms with Crippen LogP contribution >= 0.6 is 0 Å². The monoisotopic (exact) mass is 224 g/mol. The van der Waals surface area contributed by atoms with Gasteiger partial charge in [-0.05, 0) is 5.92 Å². The first-order valence-corrected chi connectivity index (χ1v) is 5.86. The SMILES string of the molecule is COCC(C(C)C)n1nnc2c1CCNC2. The average Bonchev–Trinajstić information content (AvgIpc) is 2.69. The molecule has 0 saturated heterocycles. The van der Waals surface area contributed by atoms with Crippen molar-refractivity contribution in [2.24, 2.45) is 5.92 Å². The summed E-state index contributed by atoms with van der Waals surface area (Å²) >= 11 is 0. The number of nitrogens with one attached hydrogen (secondary N) is 1. The van der Waals surface area contributed by atoms with Crippen molar-refractivity contribution >= 4 is 0 Å². The Morgan fingerprint density at radius 1 is 1.50 bits per heavy atom. The van der Waals surface area contributed by atoms with Crippen LogP contribution < -0.4 is 5.32 Å². The summed E-state index contributed by atoms with van der Waals surface area (Å²) in [5, 5.41) is 11.8. The number of nitrogens with zero attached hydrogens (tertiary/aromatic N) is 3. The van der Waals surface area contributed by atoms with Crippen LogP contribution in [0.4, 0.5) is 0 Å². The maximum Gasteiger partial charge on any atom is 0.0997 e. The van der Waals surface area contributed by atoms with E-state index in [2.05, 4.69) is 34.2 Å². The van der Waals surface area contributed by atoms with Crippen LogP contribution in [0.3, 0.4) is 0 Å². The molecule has 0 radical (unpaired) electrons. The van der Waals surface area contributed by atoms with E-state index < -0.39 is 0 Å². The van der Waals surface area contributed by atoms with Crippen molar-refractivity contribution in [2.75, 3.05) is 20.3 Å². The minimum absolute atomic E-state index is 0.291. The Morgan fingerprint density at radius 2 is 2.31 bits per heavy atom. The first kappa shape index (κ1) is 11.5. The molecular formula is C11H20N4O. The van der Waals surface area contributed by atoms with Gasteiger partial charge in [-0.1, -0.05) is 19.1 Å². The molecule has 1 aromatic rings. The van der Waals surface area contributed by atoms with Crippen molar-refractivity contribution in [3.8, 4) is 0 Å². The third kappa shape index (κ3) is 2.10. The predicted octanol–water partition coefficient (Wildman–Crippen LogP) is 0.767. The largest absolute Gasteiger partial charge is 0.382 e. The molecule has 1 aromatic heterocycles. The van der Waals surface area contributed by atoms with Crippen LogP contribution in [0, 0.1) is 5.92 Å². The van der Waals surface area contributed by atoms with E-state index in [1.807, 2.05) is 0 Å². The Kier molecular flexibility index (Phi) is 3.56. The lowest BCUT2D eigenvalue weighted by Gasteiger charge is -2.23. The lowest BCUT2D eigenvalue weighted by Crippen LogP contribution is -2.28. The number of ether oxygens (including phenoxy) is 1. The van der Waals surface area contributed by atoms with E-state index in [-0.39, 0.29) is 0 Å². The van der Waals surface area contributed by atoms with Crippen LogP contribution in [0.25, 0.3) is 0 Å². The van der Waals surface area contributed by atoms with E-state index in [1.54, 1.807) is 7.11 Å². The van der Waals surface area contributed by atoms with Crippen molar-refractivity contribution in [2.45, 2.75) is 32.9 Å². The standard InChI is InChI=1S/C11H20N4O/c1-8(2)11(7-16-3)15-10-4-5-12-6-9(10)13-14-15/h8,11-12H,4-7H2,1-3H3. The van der Waals surface area contributed by atoms with Gasteiger partial charge in [0.15, 0.2) is 0 Å². The van der Waals surface area contributed by atoms with Gasteiger partial charge in [0, 0.05) is 26.6 Å². The Labute approximate surface area is 96.2 Å². The van der Waals surface area contributed by atoms with Crippen molar-refractivity contribution in [1.82, 2.24) is 20.3 Å². The molecule has 1 atom stereocenters. The summed E-state index contributed by atoms with van der Waals surface area (Å²) < 4.78 is 7.34. The molecule has 0 amide bonds. The highest BCUT2D eigenvalue weighted by molar-refractivity contribution is 5.14. The fourth-order valence-electron chi connectivity index (χ4n) is 2.14. The van der Waals surface area contributed by atoms with Gasteiger partial charge in [0.05, 0.1) is 24.0 Å². The van der Waals surface area contributed by atoms with Crippen LogP contribution in [0.1, 0.15) is 31.3 Å². The summed E-state index contributed by atoms with van der Waals surface area (Å²) in [6.07, 6.45) is 1.01. The minimum Gasteiger partial charge on any atom is -0.382 e. The molecule has 16 heavy (non-hydrogen) atoms. The molecule has 0 fully saturated rings. The Bertz CT molecular complexity index is 348. The third-order valence-corrected chi connectivity index (χ3v) is 3.12. The summed E-state index contributed by atoms with van der Waals surface area (Å²) in [5.74, 6) is 0.501. The first-order chi connectivity index (χ1) is 7.74. The molecule has 2 rings (SSSR count). The predicted molar refractivity (Wildman–Crippen MR) is 61.2 cm³/mol. The number of hydrogen-bond donors (Lipinski definition) is 1. The number of hydrogen-bond acceptors (Lipinski definition) is 4. The van der Waals surface area contributed by atoms with Gasteiger partial charge in [-0.25, -0.2) is 4.68 Å². The quantitative estimate of drug-likeness (QED) is 0.820. The van der Waals surface area contributed by atoms with E-state index >= 15 is 0 Å². The molecule has 2 heterocycles. The summed E-state index contributed by atoms with van der Waals surface area (Å²) in [6.45, 7) is 6.93. The van der Waals surface area contributed by atoms with E-state index in [1.165, 1.54) is 5.69 Å². The second kappa shape index (κ2) is 4.93. The highest BCUT2D eigenvalue weighted by Gasteiger charge is 2.23. The molecule has 5 heteroatoms. The van der Waals surface area contributed by atoms with Crippen molar-refractivity contribution in [3.05, 3.63) is 11.4 Å². The van der Waals surface area contributed by atoms with Gasteiger partial charge >= 0.3 is 0 Å². The highest BCUT2D eigenvalue weighted by Crippen LogP contribution is 2.21. The number of fused-ring (bicyclic) bond motifs is 1. The third-order valence-electron chi connectivity index (χ3n) is 3.12. The van der Waals surface area contributed by atoms with Crippen LogP contribution in [0.15, 0.2) is 0 Å². The summed E-state index contributed by atoms with van der Waals surface area (Å²) in [5.41, 5.74) is 2.36. The summed E-state index contributed by atoms with van der Waals surface area (Å²) in [6, 6.07) is 0.291. The normalized spacial score (nSPS) is 17.5. The molecule has 0 aromatic carbocycles. The Morgan fingerprint density at radius 3 is 3.00 bits per heavy atom. The number of methoxy groups -OCH3 is 1. The average molecular weight is 224 g/mol. The fourth-order valence-corrected chi connectivity index (χ4v) is 2.14. The van der Waals surface area contributed by atoms with E-state index in [4.69, 9.17) is 4.74 Å². The molecule has 1 aliphatic rings. The smallest absolute Gasteiger partial charge is 0.0997 e. The van der Waals surface area contributed by atoms with Gasteiger partial charge in [-0.3, -0.25) is 0 Å². The zero-order valence-corrected chi connectivity index (χ0v) is 10.2. The van der Waals surface area contributed by atoms with Crippen LogP contribution in [-0.2, 0) is 17.7 Å². The van der Waals surface area contributed by atoms with E-state index in [0.717, 1.165) is 25.2 Å². The number of rotatable bonds is 4. The molecule has 5 nitrogen and oxygen atoms in total. The summed E-state index contributed by atoms with van der Waals surface area (Å²) in [7, 11) is 1.74. The maximum atomic E-state index is 5.28. The Balaban J connectivity index is 2.26.